The molecule has 1 amide bonds. The number of nitrogens with two attached hydrogens (primary N) is 1. The zero-order valence-electron chi connectivity index (χ0n) is 10.9. The van der Waals surface area contributed by atoms with Gasteiger partial charge in [0.05, 0.1) is 12.7 Å². The number of anilines is 2. The van der Waals surface area contributed by atoms with E-state index in [9.17, 15) is 13.6 Å². The number of rotatable bonds is 3. The van der Waals surface area contributed by atoms with Crippen LogP contribution in [0.1, 0.15) is 10.4 Å². The average Bonchev–Trinajstić information content (AvgIpc) is 2.42. The molecule has 0 aliphatic rings. The van der Waals surface area contributed by atoms with Crippen LogP contribution in [0.5, 0.6) is 5.75 Å². The van der Waals surface area contributed by atoms with Gasteiger partial charge in [0.1, 0.15) is 5.75 Å². The summed E-state index contributed by atoms with van der Waals surface area (Å²) in [5, 5.41) is 2.54. The molecular formula is C14H11BrF2N2O2. The molecule has 0 saturated carbocycles. The predicted octanol–water partition coefficient (Wildman–Crippen LogP) is 3.57. The fourth-order valence-corrected chi connectivity index (χ4v) is 2.18. The van der Waals surface area contributed by atoms with Crippen LogP contribution < -0.4 is 15.8 Å². The summed E-state index contributed by atoms with van der Waals surface area (Å²) in [6.45, 7) is 0. The van der Waals surface area contributed by atoms with Gasteiger partial charge in [-0.3, -0.25) is 4.79 Å². The second kappa shape index (κ2) is 6.09. The summed E-state index contributed by atoms with van der Waals surface area (Å²) in [7, 11) is 1.49. The van der Waals surface area contributed by atoms with Crippen molar-refractivity contribution in [3.05, 3.63) is 52.0 Å². The highest BCUT2D eigenvalue weighted by molar-refractivity contribution is 9.10. The van der Waals surface area contributed by atoms with Crippen molar-refractivity contribution < 1.29 is 18.3 Å². The standard InChI is InChI=1S/C14H11BrF2N2O2/c1-21-9-3-7(15)2-8(4-9)19-14(20)10-5-11(16)12(17)6-13(10)18/h2-6H,18H2,1H3,(H,19,20). The quantitative estimate of drug-likeness (QED) is 0.826. The van der Waals surface area contributed by atoms with Crippen molar-refractivity contribution in [3.63, 3.8) is 0 Å². The number of nitrogen functional groups attached to an aromatic ring is 1. The molecule has 2 rings (SSSR count). The summed E-state index contributed by atoms with van der Waals surface area (Å²) >= 11 is 3.27. The molecule has 0 heterocycles. The minimum Gasteiger partial charge on any atom is -0.497 e. The first-order valence-corrected chi connectivity index (χ1v) is 6.60. The number of carbonyl (C=O) groups excluding carboxylic acids is 1. The van der Waals surface area contributed by atoms with Crippen LogP contribution in [0, 0.1) is 11.6 Å². The molecule has 4 nitrogen and oxygen atoms in total. The first kappa shape index (κ1) is 15.2. The molecule has 110 valence electrons. The first-order valence-electron chi connectivity index (χ1n) is 5.81. The van der Waals surface area contributed by atoms with E-state index in [2.05, 4.69) is 21.2 Å². The fraction of sp³-hybridized carbons (Fsp3) is 0.0714. The SMILES string of the molecule is COc1cc(Br)cc(NC(=O)c2cc(F)c(F)cc2N)c1. The van der Waals surface area contributed by atoms with Gasteiger partial charge in [-0.25, -0.2) is 8.78 Å². The van der Waals surface area contributed by atoms with Crippen molar-refractivity contribution >= 4 is 33.2 Å². The van der Waals surface area contributed by atoms with Crippen LogP contribution >= 0.6 is 15.9 Å². The Hall–Kier alpha value is -2.15. The number of halogens is 3. The highest BCUT2D eigenvalue weighted by Crippen LogP contribution is 2.25. The highest BCUT2D eigenvalue weighted by Gasteiger charge is 2.15. The molecule has 7 heteroatoms. The Kier molecular flexibility index (Phi) is 4.42. The molecule has 0 aliphatic carbocycles. The molecule has 0 spiro atoms. The maximum atomic E-state index is 13.2. The molecule has 3 N–H and O–H groups in total. The average molecular weight is 357 g/mol. The van der Waals surface area contributed by atoms with Crippen molar-refractivity contribution in [2.24, 2.45) is 0 Å². The number of amides is 1. The van der Waals surface area contributed by atoms with Gasteiger partial charge >= 0.3 is 0 Å². The maximum Gasteiger partial charge on any atom is 0.257 e. The van der Waals surface area contributed by atoms with Crippen LogP contribution in [0.4, 0.5) is 20.2 Å². The van der Waals surface area contributed by atoms with Crippen LogP contribution in [0.25, 0.3) is 0 Å². The van der Waals surface area contributed by atoms with Crippen molar-refractivity contribution in [1.29, 1.82) is 0 Å². The molecule has 0 saturated heterocycles. The number of hydrogen-bond donors (Lipinski definition) is 2. The Morgan fingerprint density at radius 1 is 1.19 bits per heavy atom. The maximum absolute atomic E-state index is 13.2. The second-order valence-corrected chi connectivity index (χ2v) is 5.10. The van der Waals surface area contributed by atoms with Crippen molar-refractivity contribution in [2.45, 2.75) is 0 Å². The van der Waals surface area contributed by atoms with Gasteiger partial charge in [0, 0.05) is 28.0 Å². The van der Waals surface area contributed by atoms with Crippen LogP contribution in [-0.2, 0) is 0 Å². The highest BCUT2D eigenvalue weighted by atomic mass is 79.9. The minimum atomic E-state index is -1.14. The third kappa shape index (κ3) is 3.49. The van der Waals surface area contributed by atoms with E-state index in [4.69, 9.17) is 10.5 Å². The number of hydrogen-bond acceptors (Lipinski definition) is 3. The molecule has 0 aliphatic heterocycles. The Morgan fingerprint density at radius 2 is 1.86 bits per heavy atom. The lowest BCUT2D eigenvalue weighted by molar-refractivity contribution is 0.102. The van der Waals surface area contributed by atoms with Gasteiger partial charge in [-0.1, -0.05) is 15.9 Å². The van der Waals surface area contributed by atoms with Gasteiger partial charge in [-0.05, 0) is 18.2 Å². The Morgan fingerprint density at radius 3 is 2.52 bits per heavy atom. The van der Waals surface area contributed by atoms with Gasteiger partial charge in [0.2, 0.25) is 0 Å². The summed E-state index contributed by atoms with van der Waals surface area (Å²) < 4.78 is 32.0. The predicted molar refractivity (Wildman–Crippen MR) is 79.4 cm³/mol. The summed E-state index contributed by atoms with van der Waals surface area (Å²) in [4.78, 5) is 12.1. The molecule has 2 aromatic carbocycles. The van der Waals surface area contributed by atoms with E-state index >= 15 is 0 Å². The van der Waals surface area contributed by atoms with Crippen LogP contribution in [0.2, 0.25) is 0 Å². The topological polar surface area (TPSA) is 64.3 Å². The monoisotopic (exact) mass is 356 g/mol. The zero-order valence-corrected chi connectivity index (χ0v) is 12.5. The summed E-state index contributed by atoms with van der Waals surface area (Å²) in [6, 6.07) is 6.46. The number of carbonyl (C=O) groups is 1. The molecule has 0 radical (unpaired) electrons. The van der Waals surface area contributed by atoms with Gasteiger partial charge < -0.3 is 15.8 Å². The minimum absolute atomic E-state index is 0.145. The first-order chi connectivity index (χ1) is 9.90. The Balaban J connectivity index is 2.30. The van der Waals surface area contributed by atoms with E-state index in [1.165, 1.54) is 7.11 Å². The van der Waals surface area contributed by atoms with Crippen molar-refractivity contribution in [1.82, 2.24) is 0 Å². The van der Waals surface area contributed by atoms with Crippen molar-refractivity contribution in [3.8, 4) is 5.75 Å². The fourth-order valence-electron chi connectivity index (χ4n) is 1.71. The summed E-state index contributed by atoms with van der Waals surface area (Å²) in [5.74, 6) is -2.36. The van der Waals surface area contributed by atoms with Crippen molar-refractivity contribution in [2.75, 3.05) is 18.2 Å². The van der Waals surface area contributed by atoms with E-state index in [-0.39, 0.29) is 11.3 Å². The molecule has 0 bridgehead atoms. The molecule has 0 unspecified atom stereocenters. The van der Waals surface area contributed by atoms with Gasteiger partial charge in [0.15, 0.2) is 11.6 Å². The smallest absolute Gasteiger partial charge is 0.257 e. The lowest BCUT2D eigenvalue weighted by Crippen LogP contribution is -2.15. The number of nitrogens with one attached hydrogen (secondary N) is 1. The molecular weight excluding hydrogens is 346 g/mol. The zero-order chi connectivity index (χ0) is 15.6. The van der Waals surface area contributed by atoms with E-state index < -0.39 is 17.5 Å². The van der Waals surface area contributed by atoms with E-state index in [1.807, 2.05) is 0 Å². The van der Waals surface area contributed by atoms with E-state index in [0.717, 1.165) is 12.1 Å². The number of methoxy groups -OCH3 is 1. The molecule has 2 aromatic rings. The van der Waals surface area contributed by atoms with Gasteiger partial charge in [-0.2, -0.15) is 0 Å². The Labute approximate surface area is 128 Å². The third-order valence-electron chi connectivity index (χ3n) is 2.70. The van der Waals surface area contributed by atoms with Crippen LogP contribution in [0.15, 0.2) is 34.8 Å². The largest absolute Gasteiger partial charge is 0.497 e. The number of ether oxygens (including phenoxy) is 1. The lowest BCUT2D eigenvalue weighted by Gasteiger charge is -2.10. The molecule has 0 aromatic heterocycles. The Bertz CT molecular complexity index is 708. The third-order valence-corrected chi connectivity index (χ3v) is 3.16. The molecule has 0 fully saturated rings. The van der Waals surface area contributed by atoms with E-state index in [0.29, 0.717) is 15.9 Å². The normalized spacial score (nSPS) is 10.3. The van der Waals surface area contributed by atoms with Crippen LogP contribution in [-0.4, -0.2) is 13.0 Å². The van der Waals surface area contributed by atoms with Crippen LogP contribution in [0.3, 0.4) is 0 Å². The molecule has 0 atom stereocenters. The lowest BCUT2D eigenvalue weighted by atomic mass is 10.1. The summed E-state index contributed by atoms with van der Waals surface area (Å²) in [5.41, 5.74) is 5.67. The van der Waals surface area contributed by atoms with E-state index in [1.54, 1.807) is 18.2 Å². The number of benzene rings is 2. The molecule has 21 heavy (non-hydrogen) atoms. The van der Waals surface area contributed by atoms with Gasteiger partial charge in [-0.15, -0.1) is 0 Å². The second-order valence-electron chi connectivity index (χ2n) is 4.19. The van der Waals surface area contributed by atoms with Gasteiger partial charge in [0.25, 0.3) is 5.91 Å². The summed E-state index contributed by atoms with van der Waals surface area (Å²) in [6.07, 6.45) is 0.